The predicted molar refractivity (Wildman–Crippen MR) is 151 cm³/mol. The van der Waals surface area contributed by atoms with Crippen molar-refractivity contribution in [2.45, 2.75) is 52.0 Å². The van der Waals surface area contributed by atoms with Crippen molar-refractivity contribution in [3.63, 3.8) is 0 Å². The van der Waals surface area contributed by atoms with Gasteiger partial charge in [-0.1, -0.05) is 31.2 Å². The minimum absolute atomic E-state index is 0.0271. The van der Waals surface area contributed by atoms with Crippen molar-refractivity contribution in [1.82, 2.24) is 15.3 Å². The highest BCUT2D eigenvalue weighted by molar-refractivity contribution is 7.89. The maximum absolute atomic E-state index is 12.9. The number of rotatable bonds is 8. The molecule has 0 aliphatic heterocycles. The molecule has 2 heterocycles. The van der Waals surface area contributed by atoms with E-state index in [9.17, 15) is 13.2 Å². The molecule has 0 spiro atoms. The van der Waals surface area contributed by atoms with Gasteiger partial charge in [-0.25, -0.2) is 13.6 Å². The molecule has 0 atom stereocenters. The molecule has 4 rings (SSSR count). The standard InChI is InChI=1S/C30H32N4O3S/c1-5-23(6-2)27-8-7-21(12-20(27)4)18-34-30(35)24-9-10-32-26(16-24)14-22-13-25-11-19(3)17-33-29(25)28(15-22)38(31,36)37/h5,7-13,15-17H,6,14,18H2,1-4H3,(H,34,35)(H2,31,36,37)/b23-5-. The Morgan fingerprint density at radius 2 is 1.82 bits per heavy atom. The van der Waals surface area contributed by atoms with Crippen LogP contribution in [0.1, 0.15) is 64.1 Å². The fourth-order valence-corrected chi connectivity index (χ4v) is 5.42. The fourth-order valence-electron chi connectivity index (χ4n) is 4.66. The highest BCUT2D eigenvalue weighted by Crippen LogP contribution is 2.25. The van der Waals surface area contributed by atoms with Crippen molar-refractivity contribution in [2.24, 2.45) is 5.14 Å². The summed E-state index contributed by atoms with van der Waals surface area (Å²) in [5.74, 6) is -0.207. The van der Waals surface area contributed by atoms with Gasteiger partial charge in [0, 0.05) is 42.0 Å². The van der Waals surface area contributed by atoms with E-state index in [-0.39, 0.29) is 10.8 Å². The second-order valence-electron chi connectivity index (χ2n) is 9.44. The molecule has 0 aliphatic carbocycles. The predicted octanol–water partition coefficient (Wildman–Crippen LogP) is 5.23. The van der Waals surface area contributed by atoms with Gasteiger partial charge in [-0.2, -0.15) is 0 Å². The summed E-state index contributed by atoms with van der Waals surface area (Å²) < 4.78 is 24.5. The Morgan fingerprint density at radius 1 is 1.03 bits per heavy atom. The number of nitrogens with one attached hydrogen (secondary N) is 1. The van der Waals surface area contributed by atoms with Crippen LogP contribution in [0.15, 0.2) is 71.9 Å². The number of nitrogens with two attached hydrogens (primary N) is 1. The van der Waals surface area contributed by atoms with E-state index in [4.69, 9.17) is 5.14 Å². The van der Waals surface area contributed by atoms with Crippen molar-refractivity contribution in [1.29, 1.82) is 0 Å². The minimum atomic E-state index is -3.98. The minimum Gasteiger partial charge on any atom is -0.348 e. The van der Waals surface area contributed by atoms with Crippen LogP contribution in [0.4, 0.5) is 0 Å². The van der Waals surface area contributed by atoms with Crippen LogP contribution < -0.4 is 10.5 Å². The number of allylic oxidation sites excluding steroid dienone is 2. The first-order valence-electron chi connectivity index (χ1n) is 12.5. The molecule has 4 aromatic rings. The number of primary sulfonamides is 1. The number of pyridine rings is 2. The first kappa shape index (κ1) is 27.2. The third-order valence-corrected chi connectivity index (χ3v) is 7.46. The number of carbonyl (C=O) groups is 1. The van der Waals surface area contributed by atoms with E-state index in [2.05, 4.69) is 47.3 Å². The third kappa shape index (κ3) is 6.15. The monoisotopic (exact) mass is 528 g/mol. The topological polar surface area (TPSA) is 115 Å². The average Bonchev–Trinajstić information content (AvgIpc) is 2.88. The number of aromatic nitrogens is 2. The van der Waals surface area contributed by atoms with Gasteiger partial charge in [-0.05, 0) is 90.9 Å². The fraction of sp³-hybridized carbons (Fsp3) is 0.233. The average molecular weight is 529 g/mol. The van der Waals surface area contributed by atoms with Crippen LogP contribution in [0.2, 0.25) is 0 Å². The van der Waals surface area contributed by atoms with Crippen LogP contribution in [-0.2, 0) is 23.0 Å². The Bertz CT molecular complexity index is 1660. The summed E-state index contributed by atoms with van der Waals surface area (Å²) in [4.78, 5) is 21.6. The second kappa shape index (κ2) is 11.2. The molecule has 0 fully saturated rings. The van der Waals surface area contributed by atoms with E-state index < -0.39 is 10.0 Å². The van der Waals surface area contributed by atoms with E-state index in [0.29, 0.717) is 40.7 Å². The van der Waals surface area contributed by atoms with Crippen LogP contribution in [0.25, 0.3) is 16.5 Å². The highest BCUT2D eigenvalue weighted by Gasteiger charge is 2.17. The summed E-state index contributed by atoms with van der Waals surface area (Å²) in [6.07, 6.45) is 6.63. The van der Waals surface area contributed by atoms with Crippen molar-refractivity contribution in [3.8, 4) is 0 Å². The van der Waals surface area contributed by atoms with Crippen molar-refractivity contribution in [3.05, 3.63) is 106 Å². The SMILES string of the molecule is C/C=C(/CC)c1ccc(CNC(=O)c2ccnc(Cc3cc(S(N)(=O)=O)c4ncc(C)cc4c3)c2)cc1C. The van der Waals surface area contributed by atoms with Crippen LogP contribution in [-0.4, -0.2) is 24.3 Å². The van der Waals surface area contributed by atoms with Gasteiger partial charge in [0.1, 0.15) is 4.90 Å². The molecular weight excluding hydrogens is 496 g/mol. The summed E-state index contributed by atoms with van der Waals surface area (Å²) >= 11 is 0. The lowest BCUT2D eigenvalue weighted by molar-refractivity contribution is 0.0950. The summed E-state index contributed by atoms with van der Waals surface area (Å²) in [5, 5.41) is 9.14. The van der Waals surface area contributed by atoms with Gasteiger partial charge in [-0.3, -0.25) is 14.8 Å². The number of hydrogen-bond donors (Lipinski definition) is 2. The molecule has 0 aliphatic rings. The highest BCUT2D eigenvalue weighted by atomic mass is 32.2. The van der Waals surface area contributed by atoms with Crippen LogP contribution in [0.3, 0.4) is 0 Å². The Morgan fingerprint density at radius 3 is 2.50 bits per heavy atom. The summed E-state index contributed by atoms with van der Waals surface area (Å²) in [7, 11) is -3.98. The molecular formula is C30H32N4O3S. The largest absolute Gasteiger partial charge is 0.348 e. The van der Waals surface area contributed by atoms with E-state index in [1.54, 1.807) is 24.5 Å². The van der Waals surface area contributed by atoms with Crippen LogP contribution in [0, 0.1) is 13.8 Å². The number of aryl methyl sites for hydroxylation is 2. The maximum atomic E-state index is 12.9. The Balaban J connectivity index is 1.52. The molecule has 38 heavy (non-hydrogen) atoms. The van der Waals surface area contributed by atoms with Crippen LogP contribution >= 0.6 is 0 Å². The zero-order valence-corrected chi connectivity index (χ0v) is 22.9. The normalized spacial score (nSPS) is 12.1. The van der Waals surface area contributed by atoms with Gasteiger partial charge < -0.3 is 5.32 Å². The lowest BCUT2D eigenvalue weighted by atomic mass is 9.96. The molecule has 2 aromatic heterocycles. The number of sulfonamides is 1. The number of carbonyl (C=O) groups excluding carboxylic acids is 1. The Labute approximate surface area is 223 Å². The quantitative estimate of drug-likeness (QED) is 0.325. The number of hydrogen-bond acceptors (Lipinski definition) is 5. The molecule has 0 saturated carbocycles. The van der Waals surface area contributed by atoms with Gasteiger partial charge in [0.25, 0.3) is 5.91 Å². The van der Waals surface area contributed by atoms with Gasteiger partial charge >= 0.3 is 0 Å². The molecule has 0 unspecified atom stereocenters. The molecule has 8 heteroatoms. The zero-order chi connectivity index (χ0) is 27.4. The second-order valence-corrected chi connectivity index (χ2v) is 11.0. The van der Waals surface area contributed by atoms with Gasteiger partial charge in [0.15, 0.2) is 0 Å². The molecule has 0 bridgehead atoms. The summed E-state index contributed by atoms with van der Waals surface area (Å²) in [6.45, 7) is 8.57. The van der Waals surface area contributed by atoms with Crippen molar-refractivity contribution < 1.29 is 13.2 Å². The first-order valence-corrected chi connectivity index (χ1v) is 14.0. The van der Waals surface area contributed by atoms with Gasteiger partial charge in [-0.15, -0.1) is 0 Å². The van der Waals surface area contributed by atoms with E-state index in [1.807, 2.05) is 32.0 Å². The molecule has 0 radical (unpaired) electrons. The van der Waals surface area contributed by atoms with Crippen LogP contribution in [0.5, 0.6) is 0 Å². The van der Waals surface area contributed by atoms with Gasteiger partial charge in [0.05, 0.1) is 5.52 Å². The number of nitrogens with zero attached hydrogens (tertiary/aromatic N) is 2. The van der Waals surface area contributed by atoms with Gasteiger partial charge in [0.2, 0.25) is 10.0 Å². The first-order chi connectivity index (χ1) is 18.1. The van der Waals surface area contributed by atoms with Crippen molar-refractivity contribution in [2.75, 3.05) is 0 Å². The summed E-state index contributed by atoms with van der Waals surface area (Å²) in [5.41, 5.74) is 7.81. The van der Waals surface area contributed by atoms with Crippen molar-refractivity contribution >= 4 is 32.4 Å². The molecule has 196 valence electrons. The zero-order valence-electron chi connectivity index (χ0n) is 22.1. The Hall–Kier alpha value is -3.88. The molecule has 0 saturated heterocycles. The molecule has 1 amide bonds. The Kier molecular flexibility index (Phi) is 8.04. The molecule has 2 aromatic carbocycles. The summed E-state index contributed by atoms with van der Waals surface area (Å²) in [6, 6.07) is 14.9. The maximum Gasteiger partial charge on any atom is 0.251 e. The smallest absolute Gasteiger partial charge is 0.251 e. The van der Waals surface area contributed by atoms with E-state index in [1.165, 1.54) is 22.8 Å². The molecule has 7 nitrogen and oxygen atoms in total. The molecule has 3 N–H and O–H groups in total. The van der Waals surface area contributed by atoms with E-state index in [0.717, 1.165) is 17.5 Å². The lowest BCUT2D eigenvalue weighted by Gasteiger charge is -2.12. The third-order valence-electron chi connectivity index (χ3n) is 6.53. The van der Waals surface area contributed by atoms with E-state index >= 15 is 0 Å². The number of amides is 1. The lowest BCUT2D eigenvalue weighted by Crippen LogP contribution is -2.23. The number of fused-ring (bicyclic) bond motifs is 1. The number of benzene rings is 2.